The molecule has 0 amide bonds. The van der Waals surface area contributed by atoms with Crippen molar-refractivity contribution in [2.75, 3.05) is 26.2 Å². The number of aromatic nitrogens is 2. The number of rotatable bonds is 12. The van der Waals surface area contributed by atoms with Crippen molar-refractivity contribution in [3.63, 3.8) is 0 Å². The number of benzene rings is 3. The zero-order chi connectivity index (χ0) is 28.9. The van der Waals surface area contributed by atoms with Crippen LogP contribution in [0.5, 0.6) is 5.75 Å². The molecule has 0 aliphatic rings. The van der Waals surface area contributed by atoms with Crippen LogP contribution in [0.2, 0.25) is 10.0 Å². The average Bonchev–Trinajstić information content (AvgIpc) is 3.37. The van der Waals surface area contributed by atoms with Crippen LogP contribution in [0.15, 0.2) is 72.0 Å². The number of nitrogens with zero attached hydrogens (tertiary/aromatic N) is 3. The molecule has 0 N–H and O–H groups in total. The Balaban J connectivity index is 1.69. The molecule has 0 saturated carbocycles. The number of ether oxygens (including phenoxy) is 1. The highest BCUT2D eigenvalue weighted by molar-refractivity contribution is 7.98. The number of halogens is 4. The van der Waals surface area contributed by atoms with E-state index in [2.05, 4.69) is 32.6 Å². The van der Waals surface area contributed by atoms with Crippen LogP contribution < -0.4 is 4.74 Å². The van der Waals surface area contributed by atoms with Gasteiger partial charge < -0.3 is 9.64 Å². The van der Waals surface area contributed by atoms with Crippen LogP contribution in [-0.2, 0) is 11.2 Å². The number of likely N-dealkylation sites (N-methyl/N-ethyl adjacent to an activating group) is 1. The lowest BCUT2D eigenvalue weighted by atomic mass is 9.81. The molecule has 0 saturated heterocycles. The summed E-state index contributed by atoms with van der Waals surface area (Å²) in [6, 6.07) is 16.7. The first-order valence-corrected chi connectivity index (χ1v) is 14.9. The van der Waals surface area contributed by atoms with E-state index in [4.69, 9.17) is 32.9 Å². The van der Waals surface area contributed by atoms with E-state index < -0.39 is 5.41 Å². The van der Waals surface area contributed by atoms with Crippen molar-refractivity contribution >= 4 is 35.0 Å². The smallest absolute Gasteiger partial charge is 0.173 e. The first kappa shape index (κ1) is 30.4. The largest absolute Gasteiger partial charge is 0.491 e. The van der Waals surface area contributed by atoms with E-state index in [0.29, 0.717) is 33.1 Å². The van der Waals surface area contributed by atoms with Crippen molar-refractivity contribution in [1.29, 1.82) is 0 Å². The number of hydrogen-bond donors (Lipinski definition) is 0. The van der Waals surface area contributed by atoms with Crippen LogP contribution in [0, 0.1) is 11.6 Å². The zero-order valence-electron chi connectivity index (χ0n) is 23.1. The minimum Gasteiger partial charge on any atom is -0.491 e. The third-order valence-electron chi connectivity index (χ3n) is 7.07. The molecule has 212 valence electrons. The molecule has 0 aliphatic heterocycles. The molecule has 0 radical (unpaired) electrons. The van der Waals surface area contributed by atoms with Gasteiger partial charge in [0, 0.05) is 34.0 Å². The molecule has 0 bridgehead atoms. The van der Waals surface area contributed by atoms with E-state index in [-0.39, 0.29) is 17.4 Å². The van der Waals surface area contributed by atoms with Gasteiger partial charge in [-0.25, -0.2) is 13.8 Å². The monoisotopic (exact) mass is 603 g/mol. The van der Waals surface area contributed by atoms with Crippen LogP contribution in [0.3, 0.4) is 0 Å². The highest BCUT2D eigenvalue weighted by Gasteiger charge is 2.30. The lowest BCUT2D eigenvalue weighted by Gasteiger charge is -2.28. The summed E-state index contributed by atoms with van der Waals surface area (Å²) in [4.78, 5) is 7.00. The fraction of sp³-hybridized carbons (Fsp3) is 0.323. The van der Waals surface area contributed by atoms with Crippen molar-refractivity contribution in [2.24, 2.45) is 0 Å². The van der Waals surface area contributed by atoms with Gasteiger partial charge in [-0.05, 0) is 67.2 Å². The lowest BCUT2D eigenvalue weighted by molar-refractivity contribution is 0.222. The predicted octanol–water partition coefficient (Wildman–Crippen LogP) is 8.80. The van der Waals surface area contributed by atoms with Crippen LogP contribution in [0.4, 0.5) is 8.78 Å². The van der Waals surface area contributed by atoms with Gasteiger partial charge in [-0.3, -0.25) is 4.57 Å². The molecule has 3 aromatic carbocycles. The van der Waals surface area contributed by atoms with E-state index in [1.54, 1.807) is 24.3 Å². The number of hydrogen-bond acceptors (Lipinski definition) is 4. The van der Waals surface area contributed by atoms with Crippen LogP contribution in [0.1, 0.15) is 44.5 Å². The van der Waals surface area contributed by atoms with Gasteiger partial charge >= 0.3 is 0 Å². The topological polar surface area (TPSA) is 30.3 Å². The van der Waals surface area contributed by atoms with Gasteiger partial charge in [0.05, 0.1) is 16.9 Å². The lowest BCUT2D eigenvalue weighted by Crippen LogP contribution is -2.28. The number of imidazole rings is 1. The molecular weight excluding hydrogens is 571 g/mol. The van der Waals surface area contributed by atoms with Gasteiger partial charge in [0.1, 0.15) is 24.0 Å². The van der Waals surface area contributed by atoms with Gasteiger partial charge in [0.15, 0.2) is 5.16 Å². The first-order chi connectivity index (χ1) is 19.1. The Morgan fingerprint density at radius 1 is 0.975 bits per heavy atom. The zero-order valence-corrected chi connectivity index (χ0v) is 25.4. The van der Waals surface area contributed by atoms with Crippen LogP contribution in [0.25, 0.3) is 5.69 Å². The van der Waals surface area contributed by atoms with Gasteiger partial charge in [-0.1, -0.05) is 74.8 Å². The maximum Gasteiger partial charge on any atom is 0.173 e. The van der Waals surface area contributed by atoms with E-state index in [1.165, 1.54) is 30.0 Å². The summed E-state index contributed by atoms with van der Waals surface area (Å²) >= 11 is 14.2. The summed E-state index contributed by atoms with van der Waals surface area (Å²) in [5, 5.41) is 1.55. The van der Waals surface area contributed by atoms with Gasteiger partial charge in [-0.15, -0.1) is 0 Å². The second kappa shape index (κ2) is 13.4. The average molecular weight is 605 g/mol. The standard InChI is InChI=1S/C31H33Cl2F2N3OS/c1-5-37(6-2)16-17-39-28-18-21(10-15-26(28)33)31(3,4)29-19-36-30(38(29)23-13-11-22(34)12-14-23)40-20-24-25(32)8-7-9-27(24)35/h7-15,18-19H,5-6,16-17,20H2,1-4H3. The van der Waals surface area contributed by atoms with E-state index in [1.807, 2.05) is 29.0 Å². The Labute approximate surface area is 249 Å². The number of thioether (sulfide) groups is 1. The van der Waals surface area contributed by atoms with Crippen molar-refractivity contribution in [1.82, 2.24) is 14.5 Å². The van der Waals surface area contributed by atoms with E-state index in [0.717, 1.165) is 36.6 Å². The maximum atomic E-state index is 14.5. The summed E-state index contributed by atoms with van der Waals surface area (Å²) in [6.45, 7) is 11.7. The molecule has 0 atom stereocenters. The molecule has 0 spiro atoms. The Bertz CT molecular complexity index is 1420. The van der Waals surface area contributed by atoms with E-state index >= 15 is 0 Å². The molecular formula is C31H33Cl2F2N3OS. The normalized spacial score (nSPS) is 11.8. The predicted molar refractivity (Wildman–Crippen MR) is 161 cm³/mol. The van der Waals surface area contributed by atoms with Crippen LogP contribution in [-0.4, -0.2) is 40.7 Å². The molecule has 1 heterocycles. The fourth-order valence-electron chi connectivity index (χ4n) is 4.50. The Kier molecular flexibility index (Phi) is 10.2. The molecule has 1 aromatic heterocycles. The van der Waals surface area contributed by atoms with E-state index in [9.17, 15) is 8.78 Å². The van der Waals surface area contributed by atoms with Crippen molar-refractivity contribution in [2.45, 2.75) is 44.0 Å². The van der Waals surface area contributed by atoms with Crippen molar-refractivity contribution in [3.05, 3.63) is 105 Å². The molecule has 4 aromatic rings. The SMILES string of the molecule is CCN(CC)CCOc1cc(C(C)(C)c2cnc(SCc3c(F)cccc3Cl)n2-c2ccc(F)cc2)ccc1Cl. The first-order valence-electron chi connectivity index (χ1n) is 13.2. The minimum atomic E-state index is -0.544. The fourth-order valence-corrected chi connectivity index (χ4v) is 6.01. The summed E-state index contributed by atoms with van der Waals surface area (Å²) in [5.41, 5.74) is 2.46. The molecule has 0 unspecified atom stereocenters. The van der Waals surface area contributed by atoms with Crippen molar-refractivity contribution < 1.29 is 13.5 Å². The quantitative estimate of drug-likeness (QED) is 0.151. The second-order valence-corrected chi connectivity index (χ2v) is 11.6. The Morgan fingerprint density at radius 3 is 2.38 bits per heavy atom. The van der Waals surface area contributed by atoms with Crippen LogP contribution >= 0.6 is 35.0 Å². The van der Waals surface area contributed by atoms with Gasteiger partial charge in [0.25, 0.3) is 0 Å². The maximum absolute atomic E-state index is 14.5. The summed E-state index contributed by atoms with van der Waals surface area (Å²) in [5.74, 6) is 0.210. The Morgan fingerprint density at radius 2 is 1.70 bits per heavy atom. The summed E-state index contributed by atoms with van der Waals surface area (Å²) in [6.07, 6.45) is 1.81. The van der Waals surface area contributed by atoms with Gasteiger partial charge in [0.2, 0.25) is 0 Å². The Hall–Kier alpha value is -2.58. The molecule has 4 nitrogen and oxygen atoms in total. The second-order valence-electron chi connectivity index (χ2n) is 9.87. The highest BCUT2D eigenvalue weighted by atomic mass is 35.5. The highest BCUT2D eigenvalue weighted by Crippen LogP contribution is 2.39. The molecule has 40 heavy (non-hydrogen) atoms. The van der Waals surface area contributed by atoms with Crippen molar-refractivity contribution in [3.8, 4) is 11.4 Å². The molecule has 9 heteroatoms. The third kappa shape index (κ3) is 6.82. The summed E-state index contributed by atoms with van der Waals surface area (Å²) in [7, 11) is 0. The minimum absolute atomic E-state index is 0.287. The summed E-state index contributed by atoms with van der Waals surface area (Å²) < 4.78 is 36.4. The molecule has 4 rings (SSSR count). The molecule has 0 aliphatic carbocycles. The molecule has 0 fully saturated rings. The van der Waals surface area contributed by atoms with Gasteiger partial charge in [-0.2, -0.15) is 0 Å². The third-order valence-corrected chi connectivity index (χ3v) is 8.72.